The van der Waals surface area contributed by atoms with Crippen molar-refractivity contribution in [2.75, 3.05) is 7.11 Å². The maximum Gasteiger partial charge on any atom is 0.252 e. The van der Waals surface area contributed by atoms with E-state index >= 15 is 0 Å². The monoisotopic (exact) mass is 403 g/mol. The Labute approximate surface area is 174 Å². The molecule has 4 aromatic rings. The van der Waals surface area contributed by atoms with Crippen molar-refractivity contribution in [3.05, 3.63) is 76.2 Å². The number of nitrogens with zero attached hydrogens (tertiary/aromatic N) is 2. The molecule has 0 spiro atoms. The minimum absolute atomic E-state index is 0.114. The van der Waals surface area contributed by atoms with Gasteiger partial charge in [0.25, 0.3) is 11.5 Å². The fourth-order valence-corrected chi connectivity index (χ4v) is 4.02. The Morgan fingerprint density at radius 2 is 1.83 bits per heavy atom. The summed E-state index contributed by atoms with van der Waals surface area (Å²) in [5.74, 6) is 0.562. The van der Waals surface area contributed by atoms with Crippen molar-refractivity contribution in [1.29, 1.82) is 0 Å². The number of ether oxygens (including phenoxy) is 1. The maximum atomic E-state index is 13.0. The van der Waals surface area contributed by atoms with Crippen LogP contribution in [0.15, 0.2) is 59.5 Å². The van der Waals surface area contributed by atoms with Gasteiger partial charge >= 0.3 is 0 Å². The molecule has 2 aromatic carbocycles. The van der Waals surface area contributed by atoms with E-state index in [9.17, 15) is 9.59 Å². The van der Waals surface area contributed by atoms with Crippen molar-refractivity contribution in [2.24, 2.45) is 14.1 Å². The molecule has 0 aliphatic rings. The van der Waals surface area contributed by atoms with E-state index in [-0.39, 0.29) is 17.5 Å². The summed E-state index contributed by atoms with van der Waals surface area (Å²) in [6.07, 6.45) is 2.75. The van der Waals surface area contributed by atoms with E-state index in [0.717, 1.165) is 33.1 Å². The number of nitrogens with one attached hydrogen (secondary N) is 1. The minimum Gasteiger partial charge on any atom is -0.497 e. The molecule has 0 saturated carbocycles. The number of rotatable bonds is 5. The van der Waals surface area contributed by atoms with Crippen LogP contribution in [0.4, 0.5) is 0 Å². The molecular weight excluding hydrogens is 378 g/mol. The van der Waals surface area contributed by atoms with Gasteiger partial charge in [-0.2, -0.15) is 0 Å². The average Bonchev–Trinajstić information content (AvgIpc) is 3.05. The lowest BCUT2D eigenvalue weighted by atomic mass is 10.0. The van der Waals surface area contributed by atoms with Crippen molar-refractivity contribution in [1.82, 2.24) is 14.5 Å². The van der Waals surface area contributed by atoms with Crippen LogP contribution in [0.25, 0.3) is 21.8 Å². The molecule has 2 aromatic heterocycles. The number of hydrogen-bond acceptors (Lipinski definition) is 3. The number of pyridine rings is 1. The number of carbonyl (C=O) groups is 1. The summed E-state index contributed by atoms with van der Waals surface area (Å²) in [4.78, 5) is 25.3. The fraction of sp³-hybridized carbons (Fsp3) is 0.250. The zero-order chi connectivity index (χ0) is 21.4. The number of benzene rings is 2. The van der Waals surface area contributed by atoms with Crippen LogP contribution in [0.2, 0.25) is 0 Å². The third-order valence-electron chi connectivity index (χ3n) is 5.58. The van der Waals surface area contributed by atoms with Gasteiger partial charge in [-0.15, -0.1) is 0 Å². The van der Waals surface area contributed by atoms with Crippen LogP contribution in [0.1, 0.15) is 22.8 Å². The van der Waals surface area contributed by atoms with E-state index in [1.807, 2.05) is 56.4 Å². The van der Waals surface area contributed by atoms with Crippen molar-refractivity contribution in [3.8, 4) is 5.75 Å². The quantitative estimate of drug-likeness (QED) is 0.555. The molecule has 154 valence electrons. The molecular formula is C24H25N3O3. The predicted molar refractivity (Wildman–Crippen MR) is 119 cm³/mol. The Balaban J connectivity index is 1.61. The smallest absolute Gasteiger partial charge is 0.252 e. The van der Waals surface area contributed by atoms with Crippen LogP contribution in [-0.4, -0.2) is 28.2 Å². The molecule has 0 radical (unpaired) electrons. The predicted octanol–water partition coefficient (Wildman–Crippen LogP) is 3.40. The number of aromatic nitrogens is 2. The van der Waals surface area contributed by atoms with Crippen molar-refractivity contribution in [2.45, 2.75) is 19.4 Å². The largest absolute Gasteiger partial charge is 0.497 e. The summed E-state index contributed by atoms with van der Waals surface area (Å²) in [5, 5.41) is 4.93. The third-order valence-corrected chi connectivity index (χ3v) is 5.58. The lowest BCUT2D eigenvalue weighted by Crippen LogP contribution is -2.35. The second-order valence-electron chi connectivity index (χ2n) is 7.70. The molecule has 1 atom stereocenters. The fourth-order valence-electron chi connectivity index (χ4n) is 4.02. The van der Waals surface area contributed by atoms with Gasteiger partial charge in [0.05, 0.1) is 18.2 Å². The Kier molecular flexibility index (Phi) is 5.08. The number of fused-ring (bicyclic) bond motifs is 2. The second-order valence-corrected chi connectivity index (χ2v) is 7.70. The van der Waals surface area contributed by atoms with Gasteiger partial charge in [-0.1, -0.05) is 18.2 Å². The first-order chi connectivity index (χ1) is 14.4. The van der Waals surface area contributed by atoms with E-state index in [1.165, 1.54) is 6.07 Å². The minimum atomic E-state index is -0.241. The topological polar surface area (TPSA) is 65.3 Å². The van der Waals surface area contributed by atoms with Crippen LogP contribution in [0.3, 0.4) is 0 Å². The summed E-state index contributed by atoms with van der Waals surface area (Å²) in [7, 11) is 5.37. The summed E-state index contributed by atoms with van der Waals surface area (Å²) in [6, 6.07) is 14.7. The molecule has 2 heterocycles. The van der Waals surface area contributed by atoms with Crippen LogP contribution in [0.5, 0.6) is 5.75 Å². The Hall–Kier alpha value is -3.54. The number of para-hydroxylation sites is 1. The van der Waals surface area contributed by atoms with Gasteiger partial charge in [-0.05, 0) is 43.2 Å². The number of methoxy groups -OCH3 is 1. The van der Waals surface area contributed by atoms with E-state index < -0.39 is 0 Å². The highest BCUT2D eigenvalue weighted by Crippen LogP contribution is 2.26. The summed E-state index contributed by atoms with van der Waals surface area (Å²) in [6.45, 7) is 1.97. The second kappa shape index (κ2) is 7.71. The molecule has 0 bridgehead atoms. The molecule has 1 N–H and O–H groups in total. The Morgan fingerprint density at radius 3 is 2.60 bits per heavy atom. The first-order valence-electron chi connectivity index (χ1n) is 9.90. The first-order valence-corrected chi connectivity index (χ1v) is 9.90. The molecule has 6 heteroatoms. The molecule has 6 nitrogen and oxygen atoms in total. The van der Waals surface area contributed by atoms with Crippen LogP contribution in [0, 0.1) is 0 Å². The van der Waals surface area contributed by atoms with Gasteiger partial charge in [0.2, 0.25) is 0 Å². The SMILES string of the molecule is COc1ccc2c(c1)c(CC(C)NC(=O)c1cc(=O)n(C)c3ccccc13)cn2C. The van der Waals surface area contributed by atoms with Crippen molar-refractivity contribution in [3.63, 3.8) is 0 Å². The average molecular weight is 403 g/mol. The van der Waals surface area contributed by atoms with Crippen LogP contribution in [-0.2, 0) is 20.5 Å². The zero-order valence-corrected chi connectivity index (χ0v) is 17.6. The van der Waals surface area contributed by atoms with Gasteiger partial charge in [-0.25, -0.2) is 0 Å². The first kappa shape index (κ1) is 19.8. The van der Waals surface area contributed by atoms with Crippen LogP contribution < -0.4 is 15.6 Å². The highest BCUT2D eigenvalue weighted by atomic mass is 16.5. The Morgan fingerprint density at radius 1 is 1.07 bits per heavy atom. The summed E-state index contributed by atoms with van der Waals surface area (Å²) < 4.78 is 9.00. The molecule has 0 aliphatic heterocycles. The summed E-state index contributed by atoms with van der Waals surface area (Å²) in [5.41, 5.74) is 3.19. The van der Waals surface area contributed by atoms with E-state index in [2.05, 4.69) is 16.1 Å². The zero-order valence-electron chi connectivity index (χ0n) is 17.6. The molecule has 0 fully saturated rings. The van der Waals surface area contributed by atoms with E-state index in [4.69, 9.17) is 4.74 Å². The highest BCUT2D eigenvalue weighted by molar-refractivity contribution is 6.06. The van der Waals surface area contributed by atoms with Gasteiger partial charge in [0, 0.05) is 48.7 Å². The highest BCUT2D eigenvalue weighted by Gasteiger charge is 2.17. The standard InChI is InChI=1S/C24H25N3O3/c1-15(11-16-14-26(2)21-10-9-17(30-4)12-19(16)21)25-24(29)20-13-23(28)27(3)22-8-6-5-7-18(20)22/h5-10,12-15H,11H2,1-4H3,(H,25,29). The van der Waals surface area contributed by atoms with Crippen LogP contribution >= 0.6 is 0 Å². The summed E-state index contributed by atoms with van der Waals surface area (Å²) >= 11 is 0. The van der Waals surface area contributed by atoms with Gasteiger partial charge < -0.3 is 19.2 Å². The number of hydrogen-bond donors (Lipinski definition) is 1. The molecule has 1 unspecified atom stereocenters. The molecule has 0 aliphatic carbocycles. The normalized spacial score (nSPS) is 12.3. The van der Waals surface area contributed by atoms with Crippen molar-refractivity contribution < 1.29 is 9.53 Å². The molecule has 4 rings (SSSR count). The van der Waals surface area contributed by atoms with Gasteiger partial charge in [-0.3, -0.25) is 9.59 Å². The lowest BCUT2D eigenvalue weighted by Gasteiger charge is -2.15. The Bertz CT molecular complexity index is 1320. The van der Waals surface area contributed by atoms with E-state index in [1.54, 1.807) is 18.7 Å². The van der Waals surface area contributed by atoms with Gasteiger partial charge in [0.15, 0.2) is 0 Å². The van der Waals surface area contributed by atoms with Crippen molar-refractivity contribution >= 4 is 27.7 Å². The molecule has 0 saturated heterocycles. The number of amides is 1. The number of carbonyl (C=O) groups excluding carboxylic acids is 1. The van der Waals surface area contributed by atoms with E-state index in [0.29, 0.717) is 12.0 Å². The molecule has 30 heavy (non-hydrogen) atoms. The third kappa shape index (κ3) is 3.45. The van der Waals surface area contributed by atoms with Gasteiger partial charge in [0.1, 0.15) is 5.75 Å². The lowest BCUT2D eigenvalue weighted by molar-refractivity contribution is 0.0941. The number of aryl methyl sites for hydroxylation is 2. The maximum absolute atomic E-state index is 13.0. The molecule has 1 amide bonds.